The summed E-state index contributed by atoms with van der Waals surface area (Å²) in [4.78, 5) is 23.7. The lowest BCUT2D eigenvalue weighted by Crippen LogP contribution is -2.45. The summed E-state index contributed by atoms with van der Waals surface area (Å²) >= 11 is 1.60. The van der Waals surface area contributed by atoms with Gasteiger partial charge >= 0.3 is 12.1 Å². The number of nitrogens with one attached hydrogen (secondary N) is 1. The molecular weight excluding hydrogens is 314 g/mol. The van der Waals surface area contributed by atoms with E-state index in [2.05, 4.69) is 5.32 Å². The second-order valence-electron chi connectivity index (χ2n) is 6.82. The first-order chi connectivity index (χ1) is 10.7. The van der Waals surface area contributed by atoms with Crippen LogP contribution in [0.5, 0.6) is 0 Å². The molecule has 1 heterocycles. The number of hydrogen-bond donors (Lipinski definition) is 2. The highest BCUT2D eigenvalue weighted by Crippen LogP contribution is 2.30. The highest BCUT2D eigenvalue weighted by atomic mass is 32.1. The van der Waals surface area contributed by atoms with Crippen molar-refractivity contribution in [1.82, 2.24) is 5.32 Å². The van der Waals surface area contributed by atoms with Crippen molar-refractivity contribution in [2.75, 3.05) is 6.54 Å². The van der Waals surface area contributed by atoms with Gasteiger partial charge in [0.15, 0.2) is 0 Å². The lowest BCUT2D eigenvalue weighted by Gasteiger charge is -2.30. The molecule has 1 amide bonds. The van der Waals surface area contributed by atoms with Gasteiger partial charge in [0, 0.05) is 6.54 Å². The molecule has 0 saturated carbocycles. The first-order valence-electron chi connectivity index (χ1n) is 7.90. The normalized spacial score (nSPS) is 14.1. The fraction of sp³-hybridized carbons (Fsp3) is 0.647. The Morgan fingerprint density at radius 2 is 2.00 bits per heavy atom. The highest BCUT2D eigenvalue weighted by Gasteiger charge is 2.38. The fourth-order valence-corrected chi connectivity index (χ4v) is 3.15. The van der Waals surface area contributed by atoms with E-state index in [4.69, 9.17) is 4.74 Å². The lowest BCUT2D eigenvalue weighted by molar-refractivity contribution is -0.149. The minimum Gasteiger partial charge on any atom is -0.481 e. The van der Waals surface area contributed by atoms with Crippen molar-refractivity contribution < 1.29 is 19.4 Å². The summed E-state index contributed by atoms with van der Waals surface area (Å²) in [5, 5.41) is 16.4. The second-order valence-corrected chi connectivity index (χ2v) is 7.60. The average Bonchev–Trinajstić information content (AvgIpc) is 2.93. The zero-order valence-electron chi connectivity index (χ0n) is 14.3. The zero-order chi connectivity index (χ0) is 17.5. The number of aryl methyl sites for hydroxylation is 1. The summed E-state index contributed by atoms with van der Waals surface area (Å²) in [6.07, 6.45) is 1.86. The van der Waals surface area contributed by atoms with Gasteiger partial charge in [0.05, 0.1) is 5.41 Å². The van der Waals surface area contributed by atoms with Crippen LogP contribution in [0.3, 0.4) is 0 Å². The van der Waals surface area contributed by atoms with E-state index in [1.165, 1.54) is 0 Å². The van der Waals surface area contributed by atoms with Crippen LogP contribution in [0.15, 0.2) is 16.8 Å². The number of thiophene rings is 1. The van der Waals surface area contributed by atoms with Gasteiger partial charge in [0.2, 0.25) is 0 Å². The quantitative estimate of drug-likeness (QED) is 0.747. The molecule has 1 aromatic rings. The second kappa shape index (κ2) is 8.34. The Hall–Kier alpha value is -1.56. The van der Waals surface area contributed by atoms with E-state index in [0.29, 0.717) is 19.3 Å². The van der Waals surface area contributed by atoms with E-state index < -0.39 is 23.1 Å². The van der Waals surface area contributed by atoms with E-state index in [1.807, 2.05) is 23.8 Å². The largest absolute Gasteiger partial charge is 0.481 e. The third-order valence-electron chi connectivity index (χ3n) is 3.62. The van der Waals surface area contributed by atoms with Crippen molar-refractivity contribution in [2.45, 2.75) is 59.0 Å². The highest BCUT2D eigenvalue weighted by molar-refractivity contribution is 7.07. The molecule has 1 aromatic heterocycles. The van der Waals surface area contributed by atoms with E-state index in [1.54, 1.807) is 32.1 Å². The number of ether oxygens (including phenoxy) is 1. The summed E-state index contributed by atoms with van der Waals surface area (Å²) in [6.45, 7) is 7.36. The number of amides is 1. The molecule has 130 valence electrons. The summed E-state index contributed by atoms with van der Waals surface area (Å²) in [7, 11) is 0. The molecule has 0 aliphatic heterocycles. The van der Waals surface area contributed by atoms with Crippen molar-refractivity contribution >= 4 is 23.4 Å². The Labute approximate surface area is 142 Å². The van der Waals surface area contributed by atoms with Crippen LogP contribution in [0.1, 0.15) is 52.5 Å². The first kappa shape index (κ1) is 19.5. The van der Waals surface area contributed by atoms with Gasteiger partial charge in [0.1, 0.15) is 5.60 Å². The van der Waals surface area contributed by atoms with E-state index in [-0.39, 0.29) is 6.54 Å². The summed E-state index contributed by atoms with van der Waals surface area (Å²) in [6, 6.07) is 2.00. The predicted octanol–water partition coefficient (Wildman–Crippen LogP) is 4.08. The minimum atomic E-state index is -0.965. The van der Waals surface area contributed by atoms with Gasteiger partial charge in [-0.2, -0.15) is 11.3 Å². The van der Waals surface area contributed by atoms with Gasteiger partial charge in [-0.25, -0.2) is 4.79 Å². The molecule has 0 aromatic carbocycles. The fourth-order valence-electron chi connectivity index (χ4n) is 2.44. The van der Waals surface area contributed by atoms with Gasteiger partial charge in [-0.15, -0.1) is 0 Å². The standard InChI is InChI=1S/C17H27NO4S/c1-5-8-17(14(19)20,9-6-13-7-10-23-11-13)12-18-15(21)22-16(2,3)4/h7,10-11H,5-6,8-9,12H2,1-4H3,(H,18,21)(H,19,20). The van der Waals surface area contributed by atoms with E-state index >= 15 is 0 Å². The van der Waals surface area contributed by atoms with Crippen molar-refractivity contribution in [3.63, 3.8) is 0 Å². The molecule has 0 spiro atoms. The van der Waals surface area contributed by atoms with Gasteiger partial charge in [-0.05, 0) is 62.4 Å². The summed E-state index contributed by atoms with van der Waals surface area (Å²) in [5.41, 5.74) is -0.431. The maximum atomic E-state index is 11.9. The van der Waals surface area contributed by atoms with Crippen molar-refractivity contribution in [2.24, 2.45) is 5.41 Å². The third-order valence-corrected chi connectivity index (χ3v) is 4.36. The molecule has 0 fully saturated rings. The van der Waals surface area contributed by atoms with Crippen LogP contribution >= 0.6 is 11.3 Å². The maximum Gasteiger partial charge on any atom is 0.407 e. The predicted molar refractivity (Wildman–Crippen MR) is 91.9 cm³/mol. The molecule has 0 radical (unpaired) electrons. The molecule has 23 heavy (non-hydrogen) atoms. The van der Waals surface area contributed by atoms with Crippen LogP contribution in [0.4, 0.5) is 4.79 Å². The SMILES string of the molecule is CCCC(CCc1ccsc1)(CNC(=O)OC(C)(C)C)C(=O)O. The molecule has 0 aliphatic carbocycles. The molecule has 2 N–H and O–H groups in total. The summed E-state index contributed by atoms with van der Waals surface area (Å²) in [5.74, 6) is -0.870. The molecule has 5 nitrogen and oxygen atoms in total. The number of carboxylic acid groups (broad SMARTS) is 1. The van der Waals surface area contributed by atoms with Gasteiger partial charge in [-0.3, -0.25) is 4.79 Å². The number of carboxylic acids is 1. The molecule has 6 heteroatoms. The van der Waals surface area contributed by atoms with E-state index in [9.17, 15) is 14.7 Å². The Kier molecular flexibility index (Phi) is 7.06. The molecule has 1 atom stereocenters. The van der Waals surface area contributed by atoms with Gasteiger partial charge in [0.25, 0.3) is 0 Å². The molecule has 1 rings (SSSR count). The monoisotopic (exact) mass is 341 g/mol. The number of carbonyl (C=O) groups excluding carboxylic acids is 1. The topological polar surface area (TPSA) is 75.6 Å². The Morgan fingerprint density at radius 3 is 2.48 bits per heavy atom. The van der Waals surface area contributed by atoms with Gasteiger partial charge in [-0.1, -0.05) is 13.3 Å². The minimum absolute atomic E-state index is 0.0786. The van der Waals surface area contributed by atoms with E-state index in [0.717, 1.165) is 12.0 Å². The van der Waals surface area contributed by atoms with Crippen molar-refractivity contribution in [3.8, 4) is 0 Å². The average molecular weight is 341 g/mol. The zero-order valence-corrected chi connectivity index (χ0v) is 15.2. The molecule has 1 unspecified atom stereocenters. The van der Waals surface area contributed by atoms with Crippen LogP contribution in [0.25, 0.3) is 0 Å². The van der Waals surface area contributed by atoms with Crippen LogP contribution in [-0.4, -0.2) is 29.3 Å². The summed E-state index contributed by atoms with van der Waals surface area (Å²) < 4.78 is 5.20. The Balaban J connectivity index is 2.74. The van der Waals surface area contributed by atoms with Crippen LogP contribution in [0, 0.1) is 5.41 Å². The van der Waals surface area contributed by atoms with Crippen LogP contribution in [0.2, 0.25) is 0 Å². The number of hydrogen-bond acceptors (Lipinski definition) is 4. The number of alkyl carbamates (subject to hydrolysis) is 1. The van der Waals surface area contributed by atoms with Gasteiger partial charge < -0.3 is 15.2 Å². The molecule has 0 aliphatic rings. The smallest absolute Gasteiger partial charge is 0.407 e. The molecule has 0 saturated heterocycles. The molecular formula is C17H27NO4S. The third kappa shape index (κ3) is 6.60. The van der Waals surface area contributed by atoms with Crippen molar-refractivity contribution in [3.05, 3.63) is 22.4 Å². The first-order valence-corrected chi connectivity index (χ1v) is 8.84. The number of aliphatic carboxylic acids is 1. The van der Waals surface area contributed by atoms with Crippen LogP contribution < -0.4 is 5.32 Å². The number of carbonyl (C=O) groups is 2. The molecule has 0 bridgehead atoms. The van der Waals surface area contributed by atoms with Crippen LogP contribution in [-0.2, 0) is 16.0 Å². The Morgan fingerprint density at radius 1 is 1.30 bits per heavy atom. The lowest BCUT2D eigenvalue weighted by atomic mass is 9.78. The Bertz CT molecular complexity index is 507. The van der Waals surface area contributed by atoms with Crippen molar-refractivity contribution in [1.29, 1.82) is 0 Å². The number of rotatable bonds is 8. The maximum absolute atomic E-state index is 11.9.